The van der Waals surface area contributed by atoms with Crippen molar-refractivity contribution in [2.45, 2.75) is 27.7 Å². The highest BCUT2D eigenvalue weighted by atomic mass is 35.5. The minimum atomic E-state index is -0.278. The zero-order valence-corrected chi connectivity index (χ0v) is 16.3. The third-order valence-corrected chi connectivity index (χ3v) is 5.58. The largest absolute Gasteiger partial charge is 0.321 e. The minimum Gasteiger partial charge on any atom is -0.321 e. The van der Waals surface area contributed by atoms with Gasteiger partial charge in [0.05, 0.1) is 22.1 Å². The number of amides is 1. The number of aromatic nitrogens is 3. The predicted octanol–water partition coefficient (Wildman–Crippen LogP) is 4.36. The number of carbonyl (C=O) groups is 2. The Morgan fingerprint density at radius 3 is 2.54 bits per heavy atom. The lowest BCUT2D eigenvalue weighted by Gasteiger charge is -2.05. The smallest absolute Gasteiger partial charge is 0.267 e. The van der Waals surface area contributed by atoms with Gasteiger partial charge in [-0.3, -0.25) is 9.59 Å². The van der Waals surface area contributed by atoms with Crippen LogP contribution in [0.3, 0.4) is 0 Å². The quantitative estimate of drug-likeness (QED) is 0.673. The molecule has 8 heteroatoms. The fourth-order valence-corrected chi connectivity index (χ4v) is 3.58. The van der Waals surface area contributed by atoms with E-state index in [1.165, 1.54) is 18.3 Å². The molecule has 0 atom stereocenters. The molecule has 0 unspecified atom stereocenters. The maximum Gasteiger partial charge on any atom is 0.267 e. The first-order valence-electron chi connectivity index (χ1n) is 7.89. The van der Waals surface area contributed by atoms with Crippen molar-refractivity contribution in [1.82, 2.24) is 14.8 Å². The standard InChI is InChI=1S/C18H17ClN4O2S/c1-9-15(19)11(3)23(22-9)18-20-10(2)16(26-18)17(25)21-14-7-5-6-13(8-14)12(4)24/h5-8H,1-4H3,(H,21,25). The molecule has 0 fully saturated rings. The zero-order chi connectivity index (χ0) is 19.0. The molecule has 2 aromatic heterocycles. The van der Waals surface area contributed by atoms with E-state index in [0.29, 0.717) is 37.7 Å². The molecule has 1 N–H and O–H groups in total. The van der Waals surface area contributed by atoms with Crippen molar-refractivity contribution in [3.05, 3.63) is 56.8 Å². The number of benzene rings is 1. The van der Waals surface area contributed by atoms with E-state index >= 15 is 0 Å². The molecular formula is C18H17ClN4O2S. The molecule has 0 radical (unpaired) electrons. The van der Waals surface area contributed by atoms with Crippen LogP contribution in [0.25, 0.3) is 5.13 Å². The van der Waals surface area contributed by atoms with E-state index in [4.69, 9.17) is 11.6 Å². The fraction of sp³-hybridized carbons (Fsp3) is 0.222. The molecule has 134 valence electrons. The van der Waals surface area contributed by atoms with E-state index in [0.717, 1.165) is 5.69 Å². The maximum atomic E-state index is 12.6. The molecule has 1 amide bonds. The molecule has 0 aliphatic heterocycles. The van der Waals surface area contributed by atoms with Gasteiger partial charge < -0.3 is 5.32 Å². The van der Waals surface area contributed by atoms with Gasteiger partial charge in [0.2, 0.25) is 5.13 Å². The molecular weight excluding hydrogens is 372 g/mol. The van der Waals surface area contributed by atoms with Crippen LogP contribution in [0.4, 0.5) is 5.69 Å². The number of rotatable bonds is 4. The molecule has 3 aromatic rings. The Bertz CT molecular complexity index is 1020. The van der Waals surface area contributed by atoms with Crippen molar-refractivity contribution in [3.8, 4) is 5.13 Å². The lowest BCUT2D eigenvalue weighted by atomic mass is 10.1. The van der Waals surface area contributed by atoms with Crippen LogP contribution in [-0.4, -0.2) is 26.5 Å². The Kier molecular flexibility index (Phi) is 4.93. The van der Waals surface area contributed by atoms with Crippen molar-refractivity contribution >= 4 is 40.3 Å². The predicted molar refractivity (Wildman–Crippen MR) is 103 cm³/mol. The van der Waals surface area contributed by atoms with Crippen LogP contribution in [0.15, 0.2) is 24.3 Å². The van der Waals surface area contributed by atoms with Gasteiger partial charge >= 0.3 is 0 Å². The number of halogens is 1. The van der Waals surface area contributed by atoms with E-state index in [9.17, 15) is 9.59 Å². The fourth-order valence-electron chi connectivity index (χ4n) is 2.50. The number of ketones is 1. The van der Waals surface area contributed by atoms with E-state index in [-0.39, 0.29) is 11.7 Å². The average Bonchev–Trinajstić information content (AvgIpc) is 3.10. The van der Waals surface area contributed by atoms with E-state index < -0.39 is 0 Å². The molecule has 3 rings (SSSR count). The van der Waals surface area contributed by atoms with Gasteiger partial charge in [-0.15, -0.1) is 0 Å². The highest BCUT2D eigenvalue weighted by Crippen LogP contribution is 2.27. The van der Waals surface area contributed by atoms with Crippen LogP contribution >= 0.6 is 22.9 Å². The number of thiazole rings is 1. The highest BCUT2D eigenvalue weighted by Gasteiger charge is 2.19. The summed E-state index contributed by atoms with van der Waals surface area (Å²) in [6.07, 6.45) is 0. The zero-order valence-electron chi connectivity index (χ0n) is 14.8. The van der Waals surface area contributed by atoms with Gasteiger partial charge in [-0.2, -0.15) is 5.10 Å². The summed E-state index contributed by atoms with van der Waals surface area (Å²) in [5, 5.41) is 8.36. The van der Waals surface area contributed by atoms with Crippen LogP contribution in [-0.2, 0) is 0 Å². The van der Waals surface area contributed by atoms with Crippen LogP contribution in [0.5, 0.6) is 0 Å². The molecule has 0 spiro atoms. The normalized spacial score (nSPS) is 10.8. The first kappa shape index (κ1) is 18.3. The minimum absolute atomic E-state index is 0.0567. The molecule has 1 aromatic carbocycles. The lowest BCUT2D eigenvalue weighted by molar-refractivity contribution is 0.101. The topological polar surface area (TPSA) is 76.9 Å². The summed E-state index contributed by atoms with van der Waals surface area (Å²) >= 11 is 7.43. The second kappa shape index (κ2) is 7.01. The van der Waals surface area contributed by atoms with Gasteiger partial charge in [0.1, 0.15) is 4.88 Å². The third kappa shape index (κ3) is 3.40. The summed E-state index contributed by atoms with van der Waals surface area (Å²) in [4.78, 5) is 29.1. The van der Waals surface area contributed by atoms with E-state index in [1.54, 1.807) is 35.9 Å². The van der Waals surface area contributed by atoms with E-state index in [2.05, 4.69) is 15.4 Å². The first-order chi connectivity index (χ1) is 12.3. The summed E-state index contributed by atoms with van der Waals surface area (Å²) in [7, 11) is 0. The number of Topliss-reactive ketones (excluding diaryl/α,β-unsaturated/α-hetero) is 1. The lowest BCUT2D eigenvalue weighted by Crippen LogP contribution is -2.11. The van der Waals surface area contributed by atoms with Gasteiger partial charge in [-0.1, -0.05) is 35.1 Å². The van der Waals surface area contributed by atoms with Crippen molar-refractivity contribution in [1.29, 1.82) is 0 Å². The van der Waals surface area contributed by atoms with Gasteiger partial charge in [0, 0.05) is 11.3 Å². The average molecular weight is 389 g/mol. The number of anilines is 1. The Labute approximate surface area is 159 Å². The van der Waals surface area contributed by atoms with Crippen LogP contribution in [0.2, 0.25) is 5.02 Å². The monoisotopic (exact) mass is 388 g/mol. The summed E-state index contributed by atoms with van der Waals surface area (Å²) < 4.78 is 1.64. The number of nitrogens with one attached hydrogen (secondary N) is 1. The number of aryl methyl sites for hydroxylation is 2. The van der Waals surface area contributed by atoms with Gasteiger partial charge in [-0.05, 0) is 39.8 Å². The van der Waals surface area contributed by atoms with Gasteiger partial charge in [0.25, 0.3) is 5.91 Å². The molecule has 0 saturated carbocycles. The second-order valence-electron chi connectivity index (χ2n) is 5.90. The van der Waals surface area contributed by atoms with Crippen LogP contribution in [0, 0.1) is 20.8 Å². The molecule has 0 aliphatic rings. The molecule has 2 heterocycles. The number of hydrogen-bond donors (Lipinski definition) is 1. The third-order valence-electron chi connectivity index (χ3n) is 3.90. The van der Waals surface area contributed by atoms with Crippen LogP contribution < -0.4 is 5.32 Å². The van der Waals surface area contributed by atoms with Crippen molar-refractivity contribution in [3.63, 3.8) is 0 Å². The van der Waals surface area contributed by atoms with Crippen LogP contribution in [0.1, 0.15) is 44.0 Å². The molecule has 0 aliphatic carbocycles. The van der Waals surface area contributed by atoms with Crippen molar-refractivity contribution < 1.29 is 9.59 Å². The molecule has 6 nitrogen and oxygen atoms in total. The number of nitrogens with zero attached hydrogens (tertiary/aromatic N) is 3. The number of hydrogen-bond acceptors (Lipinski definition) is 5. The number of carbonyl (C=O) groups excluding carboxylic acids is 2. The summed E-state index contributed by atoms with van der Waals surface area (Å²) in [5.74, 6) is -0.335. The summed E-state index contributed by atoms with van der Waals surface area (Å²) in [6, 6.07) is 6.83. The Hall–Kier alpha value is -2.51. The maximum absolute atomic E-state index is 12.6. The first-order valence-corrected chi connectivity index (χ1v) is 9.09. The Balaban J connectivity index is 1.89. The Morgan fingerprint density at radius 1 is 1.19 bits per heavy atom. The van der Waals surface area contributed by atoms with Crippen molar-refractivity contribution in [2.75, 3.05) is 5.32 Å². The molecule has 26 heavy (non-hydrogen) atoms. The van der Waals surface area contributed by atoms with Gasteiger partial charge in [-0.25, -0.2) is 9.67 Å². The molecule has 0 bridgehead atoms. The van der Waals surface area contributed by atoms with Gasteiger partial charge in [0.15, 0.2) is 5.78 Å². The summed E-state index contributed by atoms with van der Waals surface area (Å²) in [6.45, 7) is 6.93. The van der Waals surface area contributed by atoms with Crippen molar-refractivity contribution in [2.24, 2.45) is 0 Å². The van der Waals surface area contributed by atoms with E-state index in [1.807, 2.05) is 13.8 Å². The highest BCUT2D eigenvalue weighted by molar-refractivity contribution is 7.16. The SMILES string of the molecule is CC(=O)c1cccc(NC(=O)c2sc(-n3nc(C)c(Cl)c3C)nc2C)c1. The summed E-state index contributed by atoms with van der Waals surface area (Å²) in [5.41, 5.74) is 3.20. The second-order valence-corrected chi connectivity index (χ2v) is 7.25. The Morgan fingerprint density at radius 2 is 1.92 bits per heavy atom. The molecule has 0 saturated heterocycles.